The number of hydrogen-bond donors (Lipinski definition) is 0. The third kappa shape index (κ3) is 5.28. The average Bonchev–Trinajstić information content (AvgIpc) is 3.14. The van der Waals surface area contributed by atoms with Gasteiger partial charge in [-0.3, -0.25) is 10.1 Å². The Morgan fingerprint density at radius 2 is 1.78 bits per heavy atom. The molecule has 0 aliphatic carbocycles. The Labute approximate surface area is 188 Å². The number of nitrogens with zero attached hydrogens (tertiary/aromatic N) is 5. The van der Waals surface area contributed by atoms with Crippen LogP contribution in [0.2, 0.25) is 5.02 Å². The molecule has 0 fully saturated rings. The van der Waals surface area contributed by atoms with Crippen molar-refractivity contribution >= 4 is 40.9 Å². The number of hydrogen-bond acceptors (Lipinski definition) is 8. The van der Waals surface area contributed by atoms with Gasteiger partial charge in [0.05, 0.1) is 40.5 Å². The van der Waals surface area contributed by atoms with Gasteiger partial charge in [0.1, 0.15) is 0 Å². The van der Waals surface area contributed by atoms with E-state index in [0.29, 0.717) is 31.5 Å². The van der Waals surface area contributed by atoms with Gasteiger partial charge in [-0.15, -0.1) is 0 Å². The molecule has 2 aromatic rings. The summed E-state index contributed by atoms with van der Waals surface area (Å²) in [4.78, 5) is 28.8. The normalized spacial score (nSPS) is 13.8. The largest absolute Gasteiger partial charge is 0.402 e. The molecule has 3 rings (SSSR count). The Bertz CT molecular complexity index is 1170. The molecule has 0 unspecified atom stereocenters. The van der Waals surface area contributed by atoms with Crippen LogP contribution in [0.5, 0.6) is 0 Å². The van der Waals surface area contributed by atoms with E-state index >= 15 is 0 Å². The molecular weight excluding hydrogens is 434 g/mol. The van der Waals surface area contributed by atoms with Gasteiger partial charge in [0.25, 0.3) is 5.69 Å². The molecule has 32 heavy (non-hydrogen) atoms. The topological polar surface area (TPSA) is 133 Å². The van der Waals surface area contributed by atoms with Crippen LogP contribution in [0.4, 0.5) is 11.4 Å². The molecule has 0 aromatic heterocycles. The van der Waals surface area contributed by atoms with Crippen LogP contribution in [0.3, 0.4) is 0 Å². The maximum absolute atomic E-state index is 12.3. The minimum Gasteiger partial charge on any atom is -0.402 e. The van der Waals surface area contributed by atoms with Crippen molar-refractivity contribution in [3.8, 4) is 12.1 Å². The number of carbonyl (C=O) groups is 1. The van der Waals surface area contributed by atoms with Crippen LogP contribution >= 0.6 is 11.6 Å². The van der Waals surface area contributed by atoms with Crippen LogP contribution in [-0.4, -0.2) is 29.9 Å². The number of aliphatic imine (C=N–C) groups is 1. The summed E-state index contributed by atoms with van der Waals surface area (Å²) < 4.78 is 5.16. The van der Waals surface area contributed by atoms with Gasteiger partial charge in [-0.1, -0.05) is 23.7 Å². The molecule has 2 aromatic carbocycles. The first-order valence-electron chi connectivity index (χ1n) is 9.48. The zero-order valence-corrected chi connectivity index (χ0v) is 17.5. The van der Waals surface area contributed by atoms with Crippen molar-refractivity contribution in [1.29, 1.82) is 10.5 Å². The van der Waals surface area contributed by atoms with Crippen molar-refractivity contribution in [2.75, 3.05) is 18.0 Å². The van der Waals surface area contributed by atoms with E-state index in [1.165, 1.54) is 24.3 Å². The highest BCUT2D eigenvalue weighted by Gasteiger charge is 2.27. The molecule has 0 N–H and O–H groups in total. The van der Waals surface area contributed by atoms with E-state index in [-0.39, 0.29) is 27.9 Å². The van der Waals surface area contributed by atoms with Crippen LogP contribution in [0.15, 0.2) is 53.2 Å². The number of nitro groups is 1. The maximum atomic E-state index is 12.3. The third-order valence-corrected chi connectivity index (χ3v) is 4.89. The molecular formula is C22H16ClN5O4. The fourth-order valence-electron chi connectivity index (χ4n) is 2.99. The highest BCUT2D eigenvalue weighted by molar-refractivity contribution is 6.34. The number of nitro benzene ring substituents is 1. The summed E-state index contributed by atoms with van der Waals surface area (Å²) in [6, 6.07) is 15.2. The number of halogens is 1. The highest BCUT2D eigenvalue weighted by Crippen LogP contribution is 2.27. The van der Waals surface area contributed by atoms with E-state index in [9.17, 15) is 14.9 Å². The lowest BCUT2D eigenvalue weighted by molar-refractivity contribution is -0.384. The molecule has 0 saturated heterocycles. The average molecular weight is 450 g/mol. The predicted octanol–water partition coefficient (Wildman–Crippen LogP) is 4.23. The molecule has 0 saturated carbocycles. The van der Waals surface area contributed by atoms with Gasteiger partial charge in [-0.05, 0) is 29.8 Å². The first-order chi connectivity index (χ1) is 15.4. The number of anilines is 1. The third-order valence-electron chi connectivity index (χ3n) is 4.56. The van der Waals surface area contributed by atoms with Crippen LogP contribution in [-0.2, 0) is 9.53 Å². The Morgan fingerprint density at radius 1 is 1.12 bits per heavy atom. The molecule has 1 aliphatic rings. The summed E-state index contributed by atoms with van der Waals surface area (Å²) in [5.74, 6) is -0.804. The number of benzene rings is 2. The Kier molecular flexibility index (Phi) is 7.17. The monoisotopic (exact) mass is 449 g/mol. The molecule has 0 radical (unpaired) electrons. The van der Waals surface area contributed by atoms with E-state index in [2.05, 4.69) is 17.1 Å². The van der Waals surface area contributed by atoms with Crippen molar-refractivity contribution in [2.45, 2.75) is 12.8 Å². The first kappa shape index (κ1) is 22.5. The van der Waals surface area contributed by atoms with Crippen molar-refractivity contribution in [2.24, 2.45) is 4.99 Å². The zero-order valence-electron chi connectivity index (χ0n) is 16.7. The Hall–Kier alpha value is -4.21. The SMILES string of the molecule is N#CCCN(CCC#N)c1ccc(/C=C2/N=C(c3cc([N+](=O)[O-])ccc3Cl)OC2=O)cc1. The summed E-state index contributed by atoms with van der Waals surface area (Å²) >= 11 is 6.10. The summed E-state index contributed by atoms with van der Waals surface area (Å²) in [6.45, 7) is 1.01. The fourth-order valence-corrected chi connectivity index (χ4v) is 3.19. The summed E-state index contributed by atoms with van der Waals surface area (Å²) in [7, 11) is 0. The molecule has 9 nitrogen and oxygen atoms in total. The second-order valence-corrected chi connectivity index (χ2v) is 7.06. The van der Waals surface area contributed by atoms with Gasteiger partial charge in [0, 0.05) is 30.9 Å². The van der Waals surface area contributed by atoms with Crippen molar-refractivity contribution < 1.29 is 14.5 Å². The van der Waals surface area contributed by atoms with Crippen LogP contribution in [0, 0.1) is 32.8 Å². The van der Waals surface area contributed by atoms with Crippen LogP contribution < -0.4 is 4.90 Å². The smallest absolute Gasteiger partial charge is 0.363 e. The molecule has 0 amide bonds. The molecule has 1 heterocycles. The standard InChI is InChI=1S/C22H16ClN5O4/c23-19-8-7-17(28(30)31)14-18(19)21-26-20(22(29)32-21)13-15-3-5-16(6-4-15)27(11-1-9-24)12-2-10-25/h3-8,13-14H,1-2,11-12H2/b20-13+. The quantitative estimate of drug-likeness (QED) is 0.255. The van der Waals surface area contributed by atoms with Gasteiger partial charge in [-0.25, -0.2) is 9.79 Å². The lowest BCUT2D eigenvalue weighted by atomic mass is 10.1. The summed E-state index contributed by atoms with van der Waals surface area (Å²) in [5, 5.41) is 28.8. The second kappa shape index (κ2) is 10.2. The lowest BCUT2D eigenvalue weighted by Gasteiger charge is -2.22. The number of cyclic esters (lactones) is 1. The van der Waals surface area contributed by atoms with Gasteiger partial charge in [-0.2, -0.15) is 10.5 Å². The van der Waals surface area contributed by atoms with E-state index in [1.807, 2.05) is 17.0 Å². The van der Waals surface area contributed by atoms with Crippen molar-refractivity contribution in [1.82, 2.24) is 0 Å². The van der Waals surface area contributed by atoms with E-state index in [0.717, 1.165) is 5.69 Å². The minimum atomic E-state index is -0.698. The van der Waals surface area contributed by atoms with Crippen molar-refractivity contribution in [3.63, 3.8) is 0 Å². The predicted molar refractivity (Wildman–Crippen MR) is 118 cm³/mol. The van der Waals surface area contributed by atoms with E-state index in [4.69, 9.17) is 26.9 Å². The zero-order chi connectivity index (χ0) is 23.1. The minimum absolute atomic E-state index is 0.0288. The summed E-state index contributed by atoms with van der Waals surface area (Å²) in [5.41, 5.74) is 1.50. The number of esters is 1. The molecule has 1 aliphatic heterocycles. The van der Waals surface area contributed by atoms with E-state index < -0.39 is 10.9 Å². The number of nitriles is 2. The number of non-ortho nitro benzene ring substituents is 1. The Balaban J connectivity index is 1.84. The molecule has 0 atom stereocenters. The molecule has 160 valence electrons. The molecule has 0 spiro atoms. The van der Waals surface area contributed by atoms with Gasteiger partial charge < -0.3 is 9.64 Å². The lowest BCUT2D eigenvalue weighted by Crippen LogP contribution is -2.25. The molecule has 10 heteroatoms. The maximum Gasteiger partial charge on any atom is 0.363 e. The van der Waals surface area contributed by atoms with Crippen LogP contribution in [0.1, 0.15) is 24.0 Å². The number of ether oxygens (including phenoxy) is 1. The van der Waals surface area contributed by atoms with Crippen molar-refractivity contribution in [3.05, 3.63) is 74.4 Å². The highest BCUT2D eigenvalue weighted by atomic mass is 35.5. The Morgan fingerprint density at radius 3 is 2.38 bits per heavy atom. The van der Waals surface area contributed by atoms with Gasteiger partial charge >= 0.3 is 5.97 Å². The van der Waals surface area contributed by atoms with Gasteiger partial charge in [0.2, 0.25) is 5.90 Å². The summed E-state index contributed by atoms with van der Waals surface area (Å²) in [6.07, 6.45) is 2.20. The van der Waals surface area contributed by atoms with Gasteiger partial charge in [0.15, 0.2) is 5.70 Å². The van der Waals surface area contributed by atoms with Crippen LogP contribution in [0.25, 0.3) is 6.08 Å². The van der Waals surface area contributed by atoms with E-state index in [1.54, 1.807) is 12.1 Å². The fraction of sp³-hybridized carbons (Fsp3) is 0.182. The number of carbonyl (C=O) groups excluding carboxylic acids is 1. The molecule has 0 bridgehead atoms. The second-order valence-electron chi connectivity index (χ2n) is 6.65. The first-order valence-corrected chi connectivity index (χ1v) is 9.86. The number of rotatable bonds is 8.